The van der Waals surface area contributed by atoms with Crippen molar-refractivity contribution in [3.8, 4) is 10.6 Å². The highest BCUT2D eigenvalue weighted by atomic mass is 32.1. The Morgan fingerprint density at radius 1 is 1.33 bits per heavy atom. The summed E-state index contributed by atoms with van der Waals surface area (Å²) >= 11 is 3.29. The lowest BCUT2D eigenvalue weighted by Crippen LogP contribution is -2.47. The maximum atomic E-state index is 12.7. The summed E-state index contributed by atoms with van der Waals surface area (Å²) in [6.45, 7) is 4.72. The minimum absolute atomic E-state index is 0.171. The van der Waals surface area contributed by atoms with Crippen LogP contribution in [0.2, 0.25) is 0 Å². The summed E-state index contributed by atoms with van der Waals surface area (Å²) in [4.78, 5) is 21.5. The number of hydrogen-bond donors (Lipinski definition) is 0. The van der Waals surface area contributed by atoms with E-state index >= 15 is 0 Å². The van der Waals surface area contributed by atoms with E-state index in [0.717, 1.165) is 33.3 Å². The third-order valence-corrected chi connectivity index (χ3v) is 6.41. The maximum Gasteiger partial charge on any atom is 0.227 e. The van der Waals surface area contributed by atoms with E-state index in [-0.39, 0.29) is 5.91 Å². The van der Waals surface area contributed by atoms with Crippen LogP contribution in [-0.2, 0) is 20.7 Å². The molecule has 2 saturated heterocycles. The molecule has 5 nitrogen and oxygen atoms in total. The Balaban J connectivity index is 1.44. The van der Waals surface area contributed by atoms with Gasteiger partial charge in [0.25, 0.3) is 0 Å². The molecule has 0 unspecified atom stereocenters. The molecule has 0 bridgehead atoms. The number of likely N-dealkylation sites (tertiary alicyclic amines) is 1. The molecular weight excluding hydrogens is 344 g/mol. The molecule has 24 heavy (non-hydrogen) atoms. The molecule has 4 heterocycles. The summed E-state index contributed by atoms with van der Waals surface area (Å²) in [6, 6.07) is 4.08. The van der Waals surface area contributed by atoms with E-state index in [9.17, 15) is 4.79 Å². The Morgan fingerprint density at radius 3 is 2.75 bits per heavy atom. The van der Waals surface area contributed by atoms with Crippen LogP contribution in [-0.4, -0.2) is 47.9 Å². The first-order valence-corrected chi connectivity index (χ1v) is 9.91. The number of carbonyl (C=O) groups is 1. The summed E-state index contributed by atoms with van der Waals surface area (Å²) in [5.74, 6) is -0.260. The molecule has 128 valence electrons. The van der Waals surface area contributed by atoms with Crippen LogP contribution in [0, 0.1) is 6.92 Å². The largest absolute Gasteiger partial charge is 0.347 e. The predicted molar refractivity (Wildman–Crippen MR) is 94.3 cm³/mol. The van der Waals surface area contributed by atoms with Gasteiger partial charge >= 0.3 is 0 Å². The smallest absolute Gasteiger partial charge is 0.227 e. The van der Waals surface area contributed by atoms with E-state index in [1.54, 1.807) is 22.7 Å². The molecule has 7 heteroatoms. The molecule has 2 aliphatic rings. The molecule has 0 aliphatic carbocycles. The summed E-state index contributed by atoms with van der Waals surface area (Å²) in [5, 5.41) is 3.05. The number of hydrogen-bond acceptors (Lipinski definition) is 6. The lowest BCUT2D eigenvalue weighted by Gasteiger charge is -2.37. The van der Waals surface area contributed by atoms with Crippen molar-refractivity contribution in [3.05, 3.63) is 27.4 Å². The molecule has 0 saturated carbocycles. The number of rotatable bonds is 3. The SMILES string of the molecule is Cc1nc(-c2cccs2)c(CC(=O)N2CCC3(CC2)OCCO3)s1. The Morgan fingerprint density at radius 2 is 2.08 bits per heavy atom. The molecule has 0 radical (unpaired) electrons. The van der Waals surface area contributed by atoms with Crippen LogP contribution in [0.15, 0.2) is 17.5 Å². The van der Waals surface area contributed by atoms with Crippen LogP contribution in [0.5, 0.6) is 0 Å². The van der Waals surface area contributed by atoms with Gasteiger partial charge in [-0.15, -0.1) is 22.7 Å². The summed E-state index contributed by atoms with van der Waals surface area (Å²) in [7, 11) is 0. The van der Waals surface area contributed by atoms with Gasteiger partial charge in [0.1, 0.15) is 0 Å². The molecule has 0 aromatic carbocycles. The third kappa shape index (κ3) is 3.13. The zero-order valence-corrected chi connectivity index (χ0v) is 15.3. The van der Waals surface area contributed by atoms with Crippen molar-refractivity contribution in [2.45, 2.75) is 32.0 Å². The number of carbonyl (C=O) groups excluding carboxylic acids is 1. The van der Waals surface area contributed by atoms with Gasteiger partial charge in [-0.25, -0.2) is 4.98 Å². The fourth-order valence-corrected chi connectivity index (χ4v) is 5.07. The predicted octanol–water partition coefficient (Wildman–Crippen LogP) is 3.09. The monoisotopic (exact) mass is 364 g/mol. The molecule has 1 spiro atoms. The standard InChI is InChI=1S/C17H20N2O3S2/c1-12-18-16(13-3-2-10-23-13)14(24-12)11-15(20)19-6-4-17(5-7-19)21-8-9-22-17/h2-3,10H,4-9,11H2,1H3. The Kier molecular flexibility index (Phi) is 4.42. The normalized spacial score (nSPS) is 20.0. The zero-order chi connectivity index (χ0) is 16.6. The quantitative estimate of drug-likeness (QED) is 0.840. The first kappa shape index (κ1) is 16.2. The maximum absolute atomic E-state index is 12.7. The minimum Gasteiger partial charge on any atom is -0.347 e. The number of amides is 1. The second-order valence-corrected chi connectivity index (χ2v) is 8.38. The molecule has 2 aromatic heterocycles. The molecule has 2 aromatic rings. The topological polar surface area (TPSA) is 51.7 Å². The molecule has 4 rings (SSSR count). The second-order valence-electron chi connectivity index (χ2n) is 6.15. The van der Waals surface area contributed by atoms with Gasteiger partial charge in [-0.2, -0.15) is 0 Å². The molecule has 0 atom stereocenters. The third-order valence-electron chi connectivity index (χ3n) is 4.56. The second kappa shape index (κ2) is 6.55. The van der Waals surface area contributed by atoms with Gasteiger partial charge in [-0.05, 0) is 18.4 Å². The van der Waals surface area contributed by atoms with Crippen LogP contribution in [0.1, 0.15) is 22.7 Å². The zero-order valence-electron chi connectivity index (χ0n) is 13.6. The van der Waals surface area contributed by atoms with E-state index in [4.69, 9.17) is 9.47 Å². The van der Waals surface area contributed by atoms with E-state index < -0.39 is 5.79 Å². The number of piperidine rings is 1. The van der Waals surface area contributed by atoms with Crippen molar-refractivity contribution >= 4 is 28.6 Å². The summed E-state index contributed by atoms with van der Waals surface area (Å²) < 4.78 is 11.5. The van der Waals surface area contributed by atoms with Gasteiger partial charge in [0.15, 0.2) is 5.79 Å². The van der Waals surface area contributed by atoms with E-state index in [2.05, 4.69) is 11.1 Å². The van der Waals surface area contributed by atoms with Crippen molar-refractivity contribution < 1.29 is 14.3 Å². The summed E-state index contributed by atoms with van der Waals surface area (Å²) in [6.07, 6.45) is 1.95. The first-order valence-electron chi connectivity index (χ1n) is 8.21. The minimum atomic E-state index is -0.431. The van der Waals surface area contributed by atoms with Gasteiger partial charge in [-0.3, -0.25) is 4.79 Å². The van der Waals surface area contributed by atoms with Gasteiger partial charge in [0.2, 0.25) is 5.91 Å². The highest BCUT2D eigenvalue weighted by molar-refractivity contribution is 7.15. The number of ether oxygens (including phenoxy) is 2. The number of thiazole rings is 1. The summed E-state index contributed by atoms with van der Waals surface area (Å²) in [5.41, 5.74) is 0.969. The van der Waals surface area contributed by atoms with Crippen LogP contribution in [0.4, 0.5) is 0 Å². The van der Waals surface area contributed by atoms with E-state index in [0.29, 0.717) is 32.7 Å². The lowest BCUT2D eigenvalue weighted by molar-refractivity contribution is -0.187. The molecule has 1 amide bonds. The molecule has 0 N–H and O–H groups in total. The highest BCUT2D eigenvalue weighted by Crippen LogP contribution is 2.34. The van der Waals surface area contributed by atoms with Crippen molar-refractivity contribution in [3.63, 3.8) is 0 Å². The number of aromatic nitrogens is 1. The van der Waals surface area contributed by atoms with Crippen LogP contribution in [0.25, 0.3) is 10.6 Å². The molecule has 2 fully saturated rings. The first-order chi connectivity index (χ1) is 11.7. The lowest BCUT2D eigenvalue weighted by atomic mass is 10.0. The van der Waals surface area contributed by atoms with E-state index in [1.165, 1.54) is 0 Å². The van der Waals surface area contributed by atoms with Crippen LogP contribution < -0.4 is 0 Å². The fourth-order valence-electron chi connectivity index (χ4n) is 3.33. The Bertz CT molecular complexity index is 710. The molecule has 2 aliphatic heterocycles. The van der Waals surface area contributed by atoms with Crippen molar-refractivity contribution in [1.82, 2.24) is 9.88 Å². The Labute approximate surface area is 149 Å². The molecular formula is C17H20N2O3S2. The number of aryl methyl sites for hydroxylation is 1. The highest BCUT2D eigenvalue weighted by Gasteiger charge is 2.40. The van der Waals surface area contributed by atoms with Gasteiger partial charge in [0, 0.05) is 30.8 Å². The van der Waals surface area contributed by atoms with Crippen molar-refractivity contribution in [2.24, 2.45) is 0 Å². The van der Waals surface area contributed by atoms with E-state index in [1.807, 2.05) is 23.3 Å². The number of thiophene rings is 1. The van der Waals surface area contributed by atoms with Crippen molar-refractivity contribution in [2.75, 3.05) is 26.3 Å². The Hall–Kier alpha value is -1.28. The van der Waals surface area contributed by atoms with Gasteiger partial charge < -0.3 is 14.4 Å². The van der Waals surface area contributed by atoms with Crippen LogP contribution in [0.3, 0.4) is 0 Å². The average molecular weight is 364 g/mol. The number of nitrogens with zero attached hydrogens (tertiary/aromatic N) is 2. The van der Waals surface area contributed by atoms with Crippen molar-refractivity contribution in [1.29, 1.82) is 0 Å². The van der Waals surface area contributed by atoms with Crippen LogP contribution >= 0.6 is 22.7 Å². The fraction of sp³-hybridized carbons (Fsp3) is 0.529. The van der Waals surface area contributed by atoms with Gasteiger partial charge in [-0.1, -0.05) is 6.07 Å². The average Bonchev–Trinajstić information content (AvgIpc) is 3.30. The van der Waals surface area contributed by atoms with Gasteiger partial charge in [0.05, 0.1) is 35.2 Å².